The number of carbonyl (C=O) groups excluding carboxylic acids is 1. The summed E-state index contributed by atoms with van der Waals surface area (Å²) in [6.07, 6.45) is 2.55. The average molecular weight is 250 g/mol. The van der Waals surface area contributed by atoms with Crippen molar-refractivity contribution in [2.24, 2.45) is 0 Å². The molecule has 6 heteroatoms. The minimum Gasteiger partial charge on any atom is -0.369 e. The van der Waals surface area contributed by atoms with Gasteiger partial charge in [-0.1, -0.05) is 0 Å². The summed E-state index contributed by atoms with van der Waals surface area (Å²) >= 11 is 0. The standard InChI is InChI=1S/C12H18N4O2/c1-2-13-10(17)5-6-14-9-7-11(18)16-12(15-9)8-3-4-8/h7-8H,2-6H2,1H3,(H,13,17)(H2,14,15,16,18). The van der Waals surface area contributed by atoms with Crippen LogP contribution in [-0.4, -0.2) is 29.0 Å². The summed E-state index contributed by atoms with van der Waals surface area (Å²) in [7, 11) is 0. The third kappa shape index (κ3) is 3.58. The summed E-state index contributed by atoms with van der Waals surface area (Å²) in [4.78, 5) is 29.8. The molecule has 0 aromatic carbocycles. The van der Waals surface area contributed by atoms with Gasteiger partial charge in [0.1, 0.15) is 11.6 Å². The van der Waals surface area contributed by atoms with E-state index in [-0.39, 0.29) is 11.5 Å². The zero-order valence-corrected chi connectivity index (χ0v) is 10.5. The maximum Gasteiger partial charge on any atom is 0.252 e. The summed E-state index contributed by atoms with van der Waals surface area (Å²) in [5.41, 5.74) is -0.146. The van der Waals surface area contributed by atoms with Crippen LogP contribution in [0.4, 0.5) is 5.82 Å². The van der Waals surface area contributed by atoms with Crippen molar-refractivity contribution in [2.45, 2.75) is 32.1 Å². The molecule has 0 spiro atoms. The molecule has 0 bridgehead atoms. The fourth-order valence-corrected chi connectivity index (χ4v) is 1.71. The number of H-pyrrole nitrogens is 1. The third-order valence-corrected chi connectivity index (χ3v) is 2.76. The molecule has 1 fully saturated rings. The van der Waals surface area contributed by atoms with E-state index in [4.69, 9.17) is 0 Å². The van der Waals surface area contributed by atoms with Crippen LogP contribution in [0.3, 0.4) is 0 Å². The number of anilines is 1. The van der Waals surface area contributed by atoms with Crippen LogP contribution in [0, 0.1) is 0 Å². The Hall–Kier alpha value is -1.85. The van der Waals surface area contributed by atoms with Gasteiger partial charge in [0.2, 0.25) is 5.91 Å². The first kappa shape index (κ1) is 12.6. The van der Waals surface area contributed by atoms with Gasteiger partial charge >= 0.3 is 0 Å². The number of hydrogen-bond acceptors (Lipinski definition) is 4. The van der Waals surface area contributed by atoms with E-state index in [1.54, 1.807) is 0 Å². The van der Waals surface area contributed by atoms with E-state index in [0.717, 1.165) is 18.7 Å². The predicted molar refractivity (Wildman–Crippen MR) is 68.6 cm³/mol. The number of hydrogen-bond donors (Lipinski definition) is 3. The summed E-state index contributed by atoms with van der Waals surface area (Å²) < 4.78 is 0. The highest BCUT2D eigenvalue weighted by Gasteiger charge is 2.26. The van der Waals surface area contributed by atoms with Crippen LogP contribution >= 0.6 is 0 Å². The summed E-state index contributed by atoms with van der Waals surface area (Å²) in [6.45, 7) is 2.99. The van der Waals surface area contributed by atoms with Crippen LogP contribution in [-0.2, 0) is 4.79 Å². The summed E-state index contributed by atoms with van der Waals surface area (Å²) in [6, 6.07) is 1.42. The smallest absolute Gasteiger partial charge is 0.252 e. The first-order chi connectivity index (χ1) is 8.69. The first-order valence-corrected chi connectivity index (χ1v) is 6.31. The normalized spacial score (nSPS) is 14.3. The Labute approximate surface area is 105 Å². The number of carbonyl (C=O) groups is 1. The van der Waals surface area contributed by atoms with E-state index in [1.165, 1.54) is 6.07 Å². The maximum atomic E-state index is 11.4. The van der Waals surface area contributed by atoms with E-state index >= 15 is 0 Å². The molecule has 1 aromatic rings. The number of nitrogens with zero attached hydrogens (tertiary/aromatic N) is 1. The topological polar surface area (TPSA) is 86.9 Å². The van der Waals surface area contributed by atoms with Crippen molar-refractivity contribution in [2.75, 3.05) is 18.4 Å². The molecule has 1 aromatic heterocycles. The van der Waals surface area contributed by atoms with Gasteiger partial charge < -0.3 is 15.6 Å². The van der Waals surface area contributed by atoms with E-state index in [2.05, 4.69) is 20.6 Å². The molecule has 1 aliphatic rings. The van der Waals surface area contributed by atoms with Gasteiger partial charge in [-0.05, 0) is 19.8 Å². The van der Waals surface area contributed by atoms with Gasteiger partial charge in [0.15, 0.2) is 0 Å². The van der Waals surface area contributed by atoms with Crippen LogP contribution < -0.4 is 16.2 Å². The van der Waals surface area contributed by atoms with E-state index in [9.17, 15) is 9.59 Å². The molecule has 1 aliphatic carbocycles. The second kappa shape index (κ2) is 5.66. The molecule has 18 heavy (non-hydrogen) atoms. The predicted octanol–water partition coefficient (Wildman–Crippen LogP) is 0.585. The summed E-state index contributed by atoms with van der Waals surface area (Å²) in [5.74, 6) is 1.70. The molecular formula is C12H18N4O2. The van der Waals surface area contributed by atoms with Crippen molar-refractivity contribution in [3.8, 4) is 0 Å². The molecule has 0 atom stereocenters. The second-order valence-corrected chi connectivity index (χ2v) is 4.42. The molecular weight excluding hydrogens is 232 g/mol. The van der Waals surface area contributed by atoms with Gasteiger partial charge in [-0.15, -0.1) is 0 Å². The van der Waals surface area contributed by atoms with Crippen molar-refractivity contribution in [3.05, 3.63) is 22.2 Å². The molecule has 6 nitrogen and oxygen atoms in total. The molecule has 0 radical (unpaired) electrons. The molecule has 2 rings (SSSR count). The van der Waals surface area contributed by atoms with E-state index in [1.807, 2.05) is 6.92 Å². The lowest BCUT2D eigenvalue weighted by Gasteiger charge is -2.06. The van der Waals surface area contributed by atoms with Gasteiger partial charge in [-0.2, -0.15) is 0 Å². The number of aromatic nitrogens is 2. The zero-order chi connectivity index (χ0) is 13.0. The lowest BCUT2D eigenvalue weighted by atomic mass is 10.3. The average Bonchev–Trinajstić information content (AvgIpc) is 3.12. The van der Waals surface area contributed by atoms with Crippen LogP contribution in [0.5, 0.6) is 0 Å². The molecule has 1 saturated carbocycles. The zero-order valence-electron chi connectivity index (χ0n) is 10.5. The number of rotatable bonds is 6. The molecule has 1 heterocycles. The Morgan fingerprint density at radius 1 is 1.56 bits per heavy atom. The maximum absolute atomic E-state index is 11.4. The Morgan fingerprint density at radius 2 is 2.33 bits per heavy atom. The molecule has 98 valence electrons. The Kier molecular flexibility index (Phi) is 3.96. The highest BCUT2D eigenvalue weighted by molar-refractivity contribution is 5.76. The lowest BCUT2D eigenvalue weighted by Crippen LogP contribution is -2.25. The van der Waals surface area contributed by atoms with Gasteiger partial charge in [0.25, 0.3) is 5.56 Å². The van der Waals surface area contributed by atoms with Crippen molar-refractivity contribution in [1.29, 1.82) is 0 Å². The minimum absolute atomic E-state index is 0.00254. The highest BCUT2D eigenvalue weighted by Crippen LogP contribution is 2.37. The van der Waals surface area contributed by atoms with Crippen molar-refractivity contribution in [3.63, 3.8) is 0 Å². The number of aromatic amines is 1. The van der Waals surface area contributed by atoms with Crippen LogP contribution in [0.15, 0.2) is 10.9 Å². The monoisotopic (exact) mass is 250 g/mol. The first-order valence-electron chi connectivity index (χ1n) is 6.31. The quantitative estimate of drug-likeness (QED) is 0.689. The van der Waals surface area contributed by atoms with Crippen LogP contribution in [0.1, 0.15) is 37.9 Å². The van der Waals surface area contributed by atoms with Crippen LogP contribution in [0.25, 0.3) is 0 Å². The Morgan fingerprint density at radius 3 is 3.00 bits per heavy atom. The Bertz CT molecular complexity index is 479. The van der Waals surface area contributed by atoms with Gasteiger partial charge in [-0.25, -0.2) is 4.98 Å². The SMILES string of the molecule is CCNC(=O)CCNc1cc(=O)[nH]c(C2CC2)n1. The molecule has 0 saturated heterocycles. The van der Waals surface area contributed by atoms with Gasteiger partial charge in [0.05, 0.1) is 0 Å². The fourth-order valence-electron chi connectivity index (χ4n) is 1.71. The van der Waals surface area contributed by atoms with Crippen LogP contribution in [0.2, 0.25) is 0 Å². The van der Waals surface area contributed by atoms with Crippen molar-refractivity contribution >= 4 is 11.7 Å². The minimum atomic E-state index is -0.146. The molecule has 0 aliphatic heterocycles. The van der Waals surface area contributed by atoms with E-state index < -0.39 is 0 Å². The molecule has 0 unspecified atom stereocenters. The summed E-state index contributed by atoms with van der Waals surface area (Å²) in [5, 5.41) is 5.72. The third-order valence-electron chi connectivity index (χ3n) is 2.76. The lowest BCUT2D eigenvalue weighted by molar-refractivity contribution is -0.120. The highest BCUT2D eigenvalue weighted by atomic mass is 16.1. The largest absolute Gasteiger partial charge is 0.369 e. The van der Waals surface area contributed by atoms with E-state index in [0.29, 0.717) is 31.2 Å². The second-order valence-electron chi connectivity index (χ2n) is 4.42. The molecule has 3 N–H and O–H groups in total. The number of nitrogens with one attached hydrogen (secondary N) is 3. The number of amides is 1. The molecule has 1 amide bonds. The van der Waals surface area contributed by atoms with Gasteiger partial charge in [0, 0.05) is 31.5 Å². The fraction of sp³-hybridized carbons (Fsp3) is 0.583. The Balaban J connectivity index is 1.89. The van der Waals surface area contributed by atoms with Crippen molar-refractivity contribution < 1.29 is 4.79 Å². The van der Waals surface area contributed by atoms with Gasteiger partial charge in [-0.3, -0.25) is 9.59 Å². The van der Waals surface area contributed by atoms with Crippen molar-refractivity contribution in [1.82, 2.24) is 15.3 Å².